The van der Waals surface area contributed by atoms with E-state index in [-0.39, 0.29) is 11.1 Å². The van der Waals surface area contributed by atoms with Crippen LogP contribution in [0.15, 0.2) is 27.8 Å². The summed E-state index contributed by atoms with van der Waals surface area (Å²) in [6.45, 7) is 1.82. The Kier molecular flexibility index (Phi) is 1.60. The Morgan fingerprint density at radius 3 is 2.56 bits per heavy atom. The van der Waals surface area contributed by atoms with Gasteiger partial charge in [0.2, 0.25) is 0 Å². The molecule has 0 aliphatic heterocycles. The van der Waals surface area contributed by atoms with Crippen LogP contribution < -0.4 is 11.1 Å². The first-order valence-corrected chi connectivity index (χ1v) is 4.90. The summed E-state index contributed by atoms with van der Waals surface area (Å²) in [4.78, 5) is 31.4. The fourth-order valence-electron chi connectivity index (χ4n) is 1.98. The van der Waals surface area contributed by atoms with Crippen molar-refractivity contribution in [2.75, 3.05) is 0 Å². The van der Waals surface area contributed by atoms with Gasteiger partial charge < -0.3 is 15.0 Å². The summed E-state index contributed by atoms with van der Waals surface area (Å²) in [6, 6.07) is 5.08. The summed E-state index contributed by atoms with van der Waals surface area (Å²) in [5.74, 6) is 0. The molecule has 16 heavy (non-hydrogen) atoms. The van der Waals surface area contributed by atoms with Crippen LogP contribution in [0.4, 0.5) is 0 Å². The highest BCUT2D eigenvalue weighted by atomic mass is 16.1. The predicted molar refractivity (Wildman–Crippen MR) is 61.8 cm³/mol. The topological polar surface area (TPSA) is 81.5 Å². The smallest absolute Gasteiger partial charge is 0.323 e. The summed E-state index contributed by atoms with van der Waals surface area (Å²) in [6.07, 6.45) is 0. The van der Waals surface area contributed by atoms with E-state index in [1.807, 2.05) is 6.92 Å². The average molecular weight is 215 g/mol. The Bertz CT molecular complexity index is 807. The van der Waals surface area contributed by atoms with Crippen LogP contribution >= 0.6 is 0 Å². The van der Waals surface area contributed by atoms with Crippen LogP contribution in [-0.2, 0) is 0 Å². The highest BCUT2D eigenvalue weighted by Gasteiger charge is 2.07. The maximum absolute atomic E-state index is 11.9. The number of aryl methyl sites for hydroxylation is 1. The van der Waals surface area contributed by atoms with E-state index in [9.17, 15) is 9.59 Å². The van der Waals surface area contributed by atoms with Gasteiger partial charge >= 0.3 is 5.69 Å². The fraction of sp³-hybridized carbons (Fsp3) is 0.0909. The van der Waals surface area contributed by atoms with E-state index in [4.69, 9.17) is 0 Å². The van der Waals surface area contributed by atoms with Crippen LogP contribution in [0, 0.1) is 6.92 Å². The van der Waals surface area contributed by atoms with Gasteiger partial charge in [0.15, 0.2) is 5.43 Å². The lowest BCUT2D eigenvalue weighted by molar-refractivity contribution is 1.21. The number of imidazole rings is 1. The molecule has 0 radical (unpaired) electrons. The third-order valence-corrected chi connectivity index (χ3v) is 2.62. The molecule has 5 heteroatoms. The molecule has 0 amide bonds. The molecule has 0 spiro atoms. The lowest BCUT2D eigenvalue weighted by atomic mass is 10.1. The van der Waals surface area contributed by atoms with Crippen LogP contribution in [0.3, 0.4) is 0 Å². The highest BCUT2D eigenvalue weighted by Crippen LogP contribution is 2.16. The minimum Gasteiger partial charge on any atom is -0.358 e. The normalized spacial score (nSPS) is 11.3. The molecule has 2 aromatic heterocycles. The van der Waals surface area contributed by atoms with Crippen LogP contribution in [0.1, 0.15) is 5.69 Å². The zero-order chi connectivity index (χ0) is 11.3. The molecular formula is C11H9N3O2. The molecule has 2 heterocycles. The van der Waals surface area contributed by atoms with Crippen LogP contribution in [-0.4, -0.2) is 15.0 Å². The Hall–Kier alpha value is -2.30. The monoisotopic (exact) mass is 215 g/mol. The molecule has 1 aromatic carbocycles. The molecule has 0 fully saturated rings. The summed E-state index contributed by atoms with van der Waals surface area (Å²) in [5.41, 5.74) is 2.34. The van der Waals surface area contributed by atoms with E-state index >= 15 is 0 Å². The summed E-state index contributed by atoms with van der Waals surface area (Å²) >= 11 is 0. The van der Waals surface area contributed by atoms with Crippen molar-refractivity contribution in [1.82, 2.24) is 15.0 Å². The Labute approximate surface area is 89.1 Å². The summed E-state index contributed by atoms with van der Waals surface area (Å²) in [5, 5.41) is 0.515. The number of nitrogens with one attached hydrogen (secondary N) is 3. The molecule has 5 nitrogen and oxygen atoms in total. The van der Waals surface area contributed by atoms with E-state index in [0.29, 0.717) is 16.4 Å². The van der Waals surface area contributed by atoms with Gasteiger partial charge in [-0.2, -0.15) is 0 Å². The number of aromatic amines is 3. The number of hydrogen-bond donors (Lipinski definition) is 3. The van der Waals surface area contributed by atoms with Gasteiger partial charge in [0, 0.05) is 11.8 Å². The second-order valence-electron chi connectivity index (χ2n) is 3.81. The Balaban J connectivity index is 2.69. The van der Waals surface area contributed by atoms with Gasteiger partial charge in [-0.3, -0.25) is 4.79 Å². The molecular weight excluding hydrogens is 206 g/mol. The predicted octanol–water partition coefficient (Wildman–Crippen LogP) is 1.01. The SMILES string of the molecule is Cc1cc(=O)c2c(ccc3[nH]c(=O)[nH]c32)[nH]1. The first kappa shape index (κ1) is 8.96. The maximum Gasteiger partial charge on any atom is 0.323 e. The zero-order valence-corrected chi connectivity index (χ0v) is 8.55. The van der Waals surface area contributed by atoms with Gasteiger partial charge in [-0.05, 0) is 19.1 Å². The van der Waals surface area contributed by atoms with Gasteiger partial charge in [-0.25, -0.2) is 4.79 Å². The molecule has 0 saturated carbocycles. The number of benzene rings is 1. The van der Waals surface area contributed by atoms with Crippen molar-refractivity contribution in [2.45, 2.75) is 6.92 Å². The van der Waals surface area contributed by atoms with E-state index in [1.54, 1.807) is 12.1 Å². The zero-order valence-electron chi connectivity index (χ0n) is 8.55. The number of hydrogen-bond acceptors (Lipinski definition) is 2. The number of pyridine rings is 1. The second-order valence-corrected chi connectivity index (χ2v) is 3.81. The standard InChI is InChI=1S/C11H9N3O2/c1-5-4-8(15)9-6(12-5)2-3-7-10(9)14-11(16)13-7/h2-4H,1H3,(H,12,15)(H2,13,14,16). The summed E-state index contributed by atoms with van der Waals surface area (Å²) < 4.78 is 0. The number of aromatic nitrogens is 3. The number of rotatable bonds is 0. The Morgan fingerprint density at radius 2 is 1.75 bits per heavy atom. The van der Waals surface area contributed by atoms with Crippen molar-refractivity contribution in [1.29, 1.82) is 0 Å². The first-order chi connectivity index (χ1) is 7.65. The van der Waals surface area contributed by atoms with Crippen molar-refractivity contribution >= 4 is 21.9 Å². The van der Waals surface area contributed by atoms with E-state index in [0.717, 1.165) is 11.2 Å². The molecule has 0 atom stereocenters. The van der Waals surface area contributed by atoms with Crippen LogP contribution in [0.5, 0.6) is 0 Å². The molecule has 80 valence electrons. The third-order valence-electron chi connectivity index (χ3n) is 2.62. The van der Waals surface area contributed by atoms with E-state index in [1.165, 1.54) is 6.07 Å². The minimum atomic E-state index is -0.303. The highest BCUT2D eigenvalue weighted by molar-refractivity contribution is 6.02. The molecule has 0 bridgehead atoms. The molecule has 3 rings (SSSR count). The largest absolute Gasteiger partial charge is 0.358 e. The number of H-pyrrole nitrogens is 3. The number of fused-ring (bicyclic) bond motifs is 3. The molecule has 0 aliphatic rings. The summed E-state index contributed by atoms with van der Waals surface area (Å²) in [7, 11) is 0. The van der Waals surface area contributed by atoms with Crippen molar-refractivity contribution in [3.05, 3.63) is 44.6 Å². The first-order valence-electron chi connectivity index (χ1n) is 4.90. The lowest BCUT2D eigenvalue weighted by Gasteiger charge is -2.00. The van der Waals surface area contributed by atoms with E-state index < -0.39 is 0 Å². The quantitative estimate of drug-likeness (QED) is 0.523. The molecule has 3 N–H and O–H groups in total. The van der Waals surface area contributed by atoms with Gasteiger partial charge in [-0.15, -0.1) is 0 Å². The van der Waals surface area contributed by atoms with Crippen LogP contribution in [0.2, 0.25) is 0 Å². The van der Waals surface area contributed by atoms with Gasteiger partial charge in [-0.1, -0.05) is 0 Å². The fourth-order valence-corrected chi connectivity index (χ4v) is 1.98. The molecule has 0 aliphatic carbocycles. The second kappa shape index (κ2) is 2.85. The average Bonchev–Trinajstić information content (AvgIpc) is 2.56. The third kappa shape index (κ3) is 1.11. The molecule has 0 unspecified atom stereocenters. The molecule has 0 saturated heterocycles. The van der Waals surface area contributed by atoms with E-state index in [2.05, 4.69) is 15.0 Å². The molecule has 3 aromatic rings. The van der Waals surface area contributed by atoms with Crippen molar-refractivity contribution < 1.29 is 0 Å². The minimum absolute atomic E-state index is 0.0906. The Morgan fingerprint density at radius 1 is 1.00 bits per heavy atom. The maximum atomic E-state index is 11.9. The van der Waals surface area contributed by atoms with Gasteiger partial charge in [0.25, 0.3) is 0 Å². The van der Waals surface area contributed by atoms with Crippen molar-refractivity contribution in [3.8, 4) is 0 Å². The van der Waals surface area contributed by atoms with Gasteiger partial charge in [0.1, 0.15) is 0 Å². The van der Waals surface area contributed by atoms with Crippen LogP contribution in [0.25, 0.3) is 21.9 Å². The lowest BCUT2D eigenvalue weighted by Crippen LogP contribution is -2.04. The van der Waals surface area contributed by atoms with Crippen molar-refractivity contribution in [2.24, 2.45) is 0 Å². The van der Waals surface area contributed by atoms with Gasteiger partial charge in [0.05, 0.1) is 21.9 Å². The van der Waals surface area contributed by atoms with Crippen molar-refractivity contribution in [3.63, 3.8) is 0 Å².